The maximum Gasteiger partial charge on any atom is 0.265 e. The highest BCUT2D eigenvalue weighted by atomic mass is 35.5. The van der Waals surface area contributed by atoms with Crippen molar-refractivity contribution >= 4 is 44.7 Å². The quantitative estimate of drug-likeness (QED) is 0.823. The van der Waals surface area contributed by atoms with Gasteiger partial charge in [0.05, 0.1) is 10.7 Å². The van der Waals surface area contributed by atoms with Crippen LogP contribution in [0.5, 0.6) is 0 Å². The van der Waals surface area contributed by atoms with Gasteiger partial charge in [-0.3, -0.25) is 9.10 Å². The first-order valence-electron chi connectivity index (χ1n) is 6.51. The number of hydrogen-bond donors (Lipinski definition) is 0. The minimum Gasteiger partial charge on any atom is -0.294 e. The van der Waals surface area contributed by atoms with E-state index in [0.29, 0.717) is 16.3 Å². The Morgan fingerprint density at radius 3 is 2.50 bits per heavy atom. The average Bonchev–Trinajstić information content (AvgIpc) is 2.48. The van der Waals surface area contributed by atoms with Gasteiger partial charge in [-0.25, -0.2) is 8.42 Å². The third-order valence-electron chi connectivity index (χ3n) is 3.47. The van der Waals surface area contributed by atoms with Gasteiger partial charge in [-0.1, -0.05) is 35.3 Å². The average molecular weight is 356 g/mol. The number of nitrogens with zero attached hydrogens (tertiary/aromatic N) is 1. The van der Waals surface area contributed by atoms with Crippen molar-refractivity contribution in [1.29, 1.82) is 0 Å². The van der Waals surface area contributed by atoms with Gasteiger partial charge in [0.25, 0.3) is 10.0 Å². The van der Waals surface area contributed by atoms with Crippen LogP contribution in [0.1, 0.15) is 16.8 Å². The maximum atomic E-state index is 12.9. The van der Waals surface area contributed by atoms with E-state index < -0.39 is 10.0 Å². The number of rotatable bonds is 2. The Bertz CT molecular complexity index is 865. The minimum atomic E-state index is -3.84. The Kier molecular flexibility index (Phi) is 3.89. The zero-order valence-electron chi connectivity index (χ0n) is 11.3. The predicted octanol–water partition coefficient (Wildman–Crippen LogP) is 3.78. The van der Waals surface area contributed by atoms with E-state index >= 15 is 0 Å². The van der Waals surface area contributed by atoms with E-state index in [1.807, 2.05) is 0 Å². The molecule has 0 atom stereocenters. The lowest BCUT2D eigenvalue weighted by Crippen LogP contribution is -2.37. The summed E-state index contributed by atoms with van der Waals surface area (Å²) in [4.78, 5) is 12.0. The van der Waals surface area contributed by atoms with Gasteiger partial charge >= 0.3 is 0 Å². The summed E-state index contributed by atoms with van der Waals surface area (Å²) in [5, 5.41) is 0.541. The summed E-state index contributed by atoms with van der Waals surface area (Å²) in [5.74, 6) is -0.122. The molecule has 0 aromatic heterocycles. The number of carbonyl (C=O) groups excluding carboxylic acids is 1. The van der Waals surface area contributed by atoms with Crippen molar-refractivity contribution in [2.75, 3.05) is 10.8 Å². The molecule has 0 amide bonds. The Labute approximate surface area is 138 Å². The molecule has 0 spiro atoms. The van der Waals surface area contributed by atoms with Gasteiger partial charge in [0.15, 0.2) is 5.78 Å². The van der Waals surface area contributed by atoms with Gasteiger partial charge in [0, 0.05) is 23.6 Å². The molecule has 0 bridgehead atoms. The fraction of sp³-hybridized carbons (Fsp3) is 0.133. The minimum absolute atomic E-state index is 0.0203. The summed E-state index contributed by atoms with van der Waals surface area (Å²) in [6.07, 6.45) is 0.108. The Morgan fingerprint density at radius 1 is 1.05 bits per heavy atom. The van der Waals surface area contributed by atoms with E-state index in [1.165, 1.54) is 22.5 Å². The van der Waals surface area contributed by atoms with Crippen LogP contribution >= 0.6 is 23.2 Å². The molecule has 1 aliphatic heterocycles. The van der Waals surface area contributed by atoms with Crippen LogP contribution in [0.25, 0.3) is 0 Å². The van der Waals surface area contributed by atoms with Crippen LogP contribution in [-0.2, 0) is 10.0 Å². The predicted molar refractivity (Wildman–Crippen MR) is 86.4 cm³/mol. The van der Waals surface area contributed by atoms with Crippen LogP contribution < -0.4 is 4.31 Å². The van der Waals surface area contributed by atoms with Crippen molar-refractivity contribution in [3.8, 4) is 0 Å². The van der Waals surface area contributed by atoms with E-state index in [-0.39, 0.29) is 28.7 Å². The number of fused-ring (bicyclic) bond motifs is 1. The molecule has 0 unspecified atom stereocenters. The van der Waals surface area contributed by atoms with E-state index in [4.69, 9.17) is 23.2 Å². The topological polar surface area (TPSA) is 54.5 Å². The molecule has 0 saturated heterocycles. The number of benzene rings is 2. The Morgan fingerprint density at radius 2 is 1.77 bits per heavy atom. The number of anilines is 1. The van der Waals surface area contributed by atoms with Gasteiger partial charge in [-0.15, -0.1) is 0 Å². The second-order valence-corrected chi connectivity index (χ2v) is 7.52. The lowest BCUT2D eigenvalue weighted by Gasteiger charge is -2.30. The summed E-state index contributed by atoms with van der Waals surface area (Å²) < 4.78 is 26.9. The molecule has 0 radical (unpaired) electrons. The van der Waals surface area contributed by atoms with Crippen LogP contribution in [-0.4, -0.2) is 20.7 Å². The summed E-state index contributed by atoms with van der Waals surface area (Å²) in [6.45, 7) is 0.0843. The second-order valence-electron chi connectivity index (χ2n) is 4.84. The van der Waals surface area contributed by atoms with Crippen LogP contribution in [0.15, 0.2) is 47.4 Å². The molecule has 1 heterocycles. The summed E-state index contributed by atoms with van der Waals surface area (Å²) >= 11 is 11.9. The molecule has 22 heavy (non-hydrogen) atoms. The second kappa shape index (κ2) is 5.57. The molecule has 0 N–H and O–H groups in total. The third kappa shape index (κ3) is 2.49. The molecule has 1 aliphatic rings. The molecule has 4 nitrogen and oxygen atoms in total. The molecule has 7 heteroatoms. The molecule has 2 aromatic rings. The number of halogens is 2. The van der Waals surface area contributed by atoms with Crippen molar-refractivity contribution in [3.63, 3.8) is 0 Å². The van der Waals surface area contributed by atoms with E-state index in [2.05, 4.69) is 0 Å². The zero-order valence-corrected chi connectivity index (χ0v) is 13.6. The smallest absolute Gasteiger partial charge is 0.265 e. The molecule has 0 aliphatic carbocycles. The van der Waals surface area contributed by atoms with Crippen molar-refractivity contribution in [1.82, 2.24) is 0 Å². The largest absolute Gasteiger partial charge is 0.294 e. The van der Waals surface area contributed by atoms with Crippen molar-refractivity contribution in [3.05, 3.63) is 58.1 Å². The van der Waals surface area contributed by atoms with E-state index in [9.17, 15) is 13.2 Å². The standard InChI is InChI=1S/C15H11Cl2NO3S/c16-10-5-6-13-11(9-10)14(19)7-8-18(13)22(20,21)15-4-2-1-3-12(15)17/h1-6,9H,7-8H2. The molecule has 114 valence electrons. The summed E-state index contributed by atoms with van der Waals surface area (Å²) in [6, 6.07) is 10.8. The number of sulfonamides is 1. The number of ketones is 1. The van der Waals surface area contributed by atoms with Gasteiger partial charge < -0.3 is 0 Å². The zero-order chi connectivity index (χ0) is 15.9. The van der Waals surface area contributed by atoms with Crippen molar-refractivity contribution in [2.24, 2.45) is 0 Å². The van der Waals surface area contributed by atoms with Crippen LogP contribution in [0, 0.1) is 0 Å². The molecular weight excluding hydrogens is 345 g/mol. The first-order chi connectivity index (χ1) is 10.4. The first kappa shape index (κ1) is 15.3. The Balaban J connectivity index is 2.16. The summed E-state index contributed by atoms with van der Waals surface area (Å²) in [5.41, 5.74) is 0.648. The molecule has 0 fully saturated rings. The fourth-order valence-electron chi connectivity index (χ4n) is 2.43. The normalized spacial score (nSPS) is 14.8. The molecule has 0 saturated carbocycles. The highest BCUT2D eigenvalue weighted by Gasteiger charge is 2.33. The van der Waals surface area contributed by atoms with E-state index in [1.54, 1.807) is 24.3 Å². The van der Waals surface area contributed by atoms with Crippen LogP contribution in [0.2, 0.25) is 10.0 Å². The third-order valence-corrected chi connectivity index (χ3v) is 6.02. The molecule has 2 aromatic carbocycles. The van der Waals surface area contributed by atoms with Crippen molar-refractivity contribution < 1.29 is 13.2 Å². The van der Waals surface area contributed by atoms with Crippen LogP contribution in [0.4, 0.5) is 5.69 Å². The number of Topliss-reactive ketones (excluding diaryl/α,β-unsaturated/α-hetero) is 1. The molecule has 3 rings (SSSR count). The van der Waals surface area contributed by atoms with Gasteiger partial charge in [0.1, 0.15) is 4.90 Å². The van der Waals surface area contributed by atoms with Crippen LogP contribution in [0.3, 0.4) is 0 Å². The SMILES string of the molecule is O=C1CCN(S(=O)(=O)c2ccccc2Cl)c2ccc(Cl)cc21. The van der Waals surface area contributed by atoms with Gasteiger partial charge in [-0.05, 0) is 30.3 Å². The number of carbonyl (C=O) groups is 1. The lowest BCUT2D eigenvalue weighted by atomic mass is 10.0. The van der Waals surface area contributed by atoms with Gasteiger partial charge in [-0.2, -0.15) is 0 Å². The maximum absolute atomic E-state index is 12.9. The van der Waals surface area contributed by atoms with Crippen molar-refractivity contribution in [2.45, 2.75) is 11.3 Å². The monoisotopic (exact) mass is 355 g/mol. The first-order valence-corrected chi connectivity index (χ1v) is 8.71. The van der Waals surface area contributed by atoms with Gasteiger partial charge in [0.2, 0.25) is 0 Å². The fourth-order valence-corrected chi connectivity index (χ4v) is 4.58. The summed E-state index contributed by atoms with van der Waals surface area (Å²) in [7, 11) is -3.84. The molecular formula is C15H11Cl2NO3S. The lowest BCUT2D eigenvalue weighted by molar-refractivity contribution is 0.0982. The highest BCUT2D eigenvalue weighted by molar-refractivity contribution is 7.93. The van der Waals surface area contributed by atoms with E-state index in [0.717, 1.165) is 0 Å². The number of hydrogen-bond acceptors (Lipinski definition) is 3. The highest BCUT2D eigenvalue weighted by Crippen LogP contribution is 2.35. The Hall–Kier alpha value is -1.56.